The van der Waals surface area contributed by atoms with E-state index in [-0.39, 0.29) is 23.5 Å². The number of hydrogen-bond donors (Lipinski definition) is 0. The van der Waals surface area contributed by atoms with Crippen molar-refractivity contribution in [3.63, 3.8) is 0 Å². The number of amides is 1. The Bertz CT molecular complexity index is 883. The minimum atomic E-state index is -0.907. The molecule has 0 saturated carbocycles. The third kappa shape index (κ3) is 2.50. The zero-order valence-electron chi connectivity index (χ0n) is 12.4. The molecular weight excluding hydrogens is 310 g/mol. The van der Waals surface area contributed by atoms with Crippen LogP contribution in [-0.2, 0) is 0 Å². The van der Waals surface area contributed by atoms with Crippen LogP contribution in [0.4, 0.5) is 11.4 Å². The first kappa shape index (κ1) is 15.4. The Hall–Kier alpha value is -3.53. The molecule has 118 valence electrons. The molecule has 1 aliphatic rings. The highest BCUT2D eigenvalue weighted by Crippen LogP contribution is 2.32. The smallest absolute Gasteiger partial charge is 0.269 e. The fraction of sp³-hybridized carbons (Fsp3) is 0.118. The minimum Gasteiger partial charge on any atom is -0.294 e. The summed E-state index contributed by atoms with van der Waals surface area (Å²) in [5.41, 5.74) is 0.852. The summed E-state index contributed by atoms with van der Waals surface area (Å²) >= 11 is 0. The quantitative estimate of drug-likeness (QED) is 0.624. The largest absolute Gasteiger partial charge is 0.294 e. The number of Topliss-reactive ketones (excluding diaryl/α,β-unsaturated/α-hetero) is 1. The van der Waals surface area contributed by atoms with Crippen molar-refractivity contribution >= 4 is 23.1 Å². The van der Waals surface area contributed by atoms with Gasteiger partial charge in [0.25, 0.3) is 11.6 Å². The molecule has 0 N–H and O–H groups in total. The van der Waals surface area contributed by atoms with Crippen LogP contribution in [0, 0.1) is 21.4 Å². The molecular formula is C17H11N3O4. The Kier molecular flexibility index (Phi) is 3.80. The van der Waals surface area contributed by atoms with Crippen LogP contribution in [-0.4, -0.2) is 22.7 Å². The van der Waals surface area contributed by atoms with E-state index < -0.39 is 16.9 Å². The maximum Gasteiger partial charge on any atom is 0.269 e. The third-order valence-electron chi connectivity index (χ3n) is 3.85. The van der Waals surface area contributed by atoms with E-state index in [0.717, 1.165) is 0 Å². The van der Waals surface area contributed by atoms with E-state index >= 15 is 0 Å². The molecule has 1 aliphatic heterocycles. The Balaban J connectivity index is 2.04. The number of para-hydroxylation sites is 1. The number of nitro groups is 1. The number of nitrogens with zero attached hydrogens (tertiary/aromatic N) is 3. The lowest BCUT2D eigenvalue weighted by Gasteiger charge is -2.32. The predicted molar refractivity (Wildman–Crippen MR) is 84.7 cm³/mol. The van der Waals surface area contributed by atoms with Crippen LogP contribution in [0.25, 0.3) is 0 Å². The number of nitro benzene ring substituents is 1. The maximum atomic E-state index is 12.8. The van der Waals surface area contributed by atoms with Gasteiger partial charge in [-0.15, -0.1) is 0 Å². The van der Waals surface area contributed by atoms with Crippen LogP contribution in [0.15, 0.2) is 48.5 Å². The van der Waals surface area contributed by atoms with Crippen molar-refractivity contribution in [1.82, 2.24) is 0 Å². The summed E-state index contributed by atoms with van der Waals surface area (Å²) in [4.78, 5) is 36.4. The number of carbonyl (C=O) groups is 2. The lowest BCUT2D eigenvalue weighted by Crippen LogP contribution is -2.44. The number of fused-ring (bicyclic) bond motifs is 1. The van der Waals surface area contributed by atoms with Gasteiger partial charge < -0.3 is 0 Å². The molecule has 1 unspecified atom stereocenters. The maximum absolute atomic E-state index is 12.8. The molecule has 1 atom stereocenters. The van der Waals surface area contributed by atoms with Gasteiger partial charge in [0.1, 0.15) is 6.04 Å². The van der Waals surface area contributed by atoms with Crippen LogP contribution >= 0.6 is 0 Å². The molecule has 1 heterocycles. The first-order valence-electron chi connectivity index (χ1n) is 7.13. The van der Waals surface area contributed by atoms with Crippen molar-refractivity contribution < 1.29 is 14.5 Å². The van der Waals surface area contributed by atoms with E-state index in [9.17, 15) is 25.0 Å². The van der Waals surface area contributed by atoms with Gasteiger partial charge >= 0.3 is 0 Å². The van der Waals surface area contributed by atoms with Crippen LogP contribution in [0.5, 0.6) is 0 Å². The number of non-ortho nitro benzene ring substituents is 1. The summed E-state index contributed by atoms with van der Waals surface area (Å²) in [7, 11) is 0. The normalized spacial score (nSPS) is 16.2. The predicted octanol–water partition coefficient (Wildman–Crippen LogP) is 2.72. The third-order valence-corrected chi connectivity index (χ3v) is 3.85. The number of carbonyl (C=O) groups excluding carboxylic acids is 2. The zero-order chi connectivity index (χ0) is 17.3. The van der Waals surface area contributed by atoms with Gasteiger partial charge in [-0.25, -0.2) is 0 Å². The Morgan fingerprint density at radius 1 is 1.21 bits per heavy atom. The van der Waals surface area contributed by atoms with Gasteiger partial charge in [-0.1, -0.05) is 12.1 Å². The van der Waals surface area contributed by atoms with Gasteiger partial charge in [-0.2, -0.15) is 5.26 Å². The number of benzene rings is 2. The van der Waals surface area contributed by atoms with Crippen LogP contribution < -0.4 is 4.90 Å². The van der Waals surface area contributed by atoms with Crippen molar-refractivity contribution in [3.05, 3.63) is 69.8 Å². The van der Waals surface area contributed by atoms with Crippen LogP contribution in [0.1, 0.15) is 27.1 Å². The molecule has 7 nitrogen and oxygen atoms in total. The van der Waals surface area contributed by atoms with Crippen LogP contribution in [0.3, 0.4) is 0 Å². The van der Waals surface area contributed by atoms with E-state index in [2.05, 4.69) is 0 Å². The van der Waals surface area contributed by atoms with Crippen molar-refractivity contribution in [3.8, 4) is 6.07 Å². The summed E-state index contributed by atoms with van der Waals surface area (Å²) in [5, 5.41) is 20.0. The van der Waals surface area contributed by atoms with E-state index in [1.54, 1.807) is 24.3 Å². The molecule has 0 bridgehead atoms. The topological polar surface area (TPSA) is 104 Å². The highest BCUT2D eigenvalue weighted by atomic mass is 16.6. The van der Waals surface area contributed by atoms with Gasteiger partial charge in [0.15, 0.2) is 5.78 Å². The highest BCUT2D eigenvalue weighted by molar-refractivity contribution is 6.14. The van der Waals surface area contributed by atoms with Crippen molar-refractivity contribution in [2.75, 3.05) is 4.90 Å². The minimum absolute atomic E-state index is 0.0771. The molecule has 0 saturated heterocycles. The molecule has 0 fully saturated rings. The van der Waals surface area contributed by atoms with E-state index in [0.29, 0.717) is 11.3 Å². The molecule has 2 aromatic carbocycles. The summed E-state index contributed by atoms with van der Waals surface area (Å²) in [6.45, 7) is 0. The molecule has 7 heteroatoms. The van der Waals surface area contributed by atoms with Gasteiger partial charge in [0, 0.05) is 29.7 Å². The molecule has 3 rings (SSSR count). The van der Waals surface area contributed by atoms with Crippen molar-refractivity contribution in [2.24, 2.45) is 0 Å². The average Bonchev–Trinajstić information content (AvgIpc) is 2.61. The molecule has 1 amide bonds. The summed E-state index contributed by atoms with van der Waals surface area (Å²) < 4.78 is 0. The van der Waals surface area contributed by atoms with E-state index in [1.807, 2.05) is 6.07 Å². The first-order valence-corrected chi connectivity index (χ1v) is 7.13. The number of hydrogen-bond acceptors (Lipinski definition) is 5. The summed E-state index contributed by atoms with van der Waals surface area (Å²) in [5.74, 6) is -0.665. The van der Waals surface area contributed by atoms with Gasteiger partial charge in [0.2, 0.25) is 0 Å². The summed E-state index contributed by atoms with van der Waals surface area (Å²) in [6.07, 6.45) is -0.0771. The lowest BCUT2D eigenvalue weighted by atomic mass is 9.94. The van der Waals surface area contributed by atoms with Gasteiger partial charge in [-0.05, 0) is 24.3 Å². The molecule has 0 radical (unpaired) electrons. The van der Waals surface area contributed by atoms with Crippen molar-refractivity contribution in [2.45, 2.75) is 12.5 Å². The van der Waals surface area contributed by atoms with Crippen molar-refractivity contribution in [1.29, 1.82) is 5.26 Å². The molecule has 0 spiro atoms. The van der Waals surface area contributed by atoms with Gasteiger partial charge in [0.05, 0.1) is 16.7 Å². The number of rotatable bonds is 2. The zero-order valence-corrected chi connectivity index (χ0v) is 12.4. The lowest BCUT2D eigenvalue weighted by molar-refractivity contribution is -0.384. The monoisotopic (exact) mass is 321 g/mol. The molecule has 0 aromatic heterocycles. The number of anilines is 1. The Labute approximate surface area is 136 Å². The van der Waals surface area contributed by atoms with E-state index in [1.165, 1.54) is 29.2 Å². The number of nitriles is 1. The Morgan fingerprint density at radius 3 is 2.50 bits per heavy atom. The van der Waals surface area contributed by atoms with Crippen LogP contribution in [0.2, 0.25) is 0 Å². The second-order valence-corrected chi connectivity index (χ2v) is 5.27. The molecule has 0 aliphatic carbocycles. The second kappa shape index (κ2) is 5.93. The summed E-state index contributed by atoms with van der Waals surface area (Å²) in [6, 6.07) is 12.8. The fourth-order valence-electron chi connectivity index (χ4n) is 2.68. The van der Waals surface area contributed by atoms with E-state index in [4.69, 9.17) is 0 Å². The average molecular weight is 321 g/mol. The van der Waals surface area contributed by atoms with Gasteiger partial charge in [-0.3, -0.25) is 24.6 Å². The highest BCUT2D eigenvalue weighted by Gasteiger charge is 2.35. The Morgan fingerprint density at radius 2 is 1.88 bits per heavy atom. The number of ketones is 1. The standard InChI is InChI=1S/C17H11N3O4/c18-10-13-9-16(21)14-3-1-2-4-15(14)19(13)17(22)11-5-7-12(8-6-11)20(23)24/h1-8,13H,9H2. The molecule has 2 aromatic rings. The fourth-order valence-corrected chi connectivity index (χ4v) is 2.68. The molecule has 24 heavy (non-hydrogen) atoms. The first-order chi connectivity index (χ1) is 11.5. The SMILES string of the molecule is N#CC1CC(=O)c2ccccc2N1C(=O)c1ccc([N+](=O)[O-])cc1. The second-order valence-electron chi connectivity index (χ2n) is 5.27.